The molecule has 0 fully saturated rings. The van der Waals surface area contributed by atoms with Crippen molar-refractivity contribution in [2.24, 2.45) is 5.73 Å². The average molecular weight is 303 g/mol. The van der Waals surface area contributed by atoms with E-state index in [1.807, 2.05) is 12.1 Å². The van der Waals surface area contributed by atoms with Gasteiger partial charge < -0.3 is 15.2 Å². The van der Waals surface area contributed by atoms with Crippen molar-refractivity contribution >= 4 is 17.2 Å². The number of hydrogen-bond donors (Lipinski definition) is 1. The molecule has 21 heavy (non-hydrogen) atoms. The van der Waals surface area contributed by atoms with Crippen molar-refractivity contribution in [2.75, 3.05) is 6.79 Å². The summed E-state index contributed by atoms with van der Waals surface area (Å²) in [6.45, 7) is 0.306. The maximum absolute atomic E-state index is 10.9. The number of benzene rings is 1. The van der Waals surface area contributed by atoms with Crippen LogP contribution in [0.4, 0.5) is 0 Å². The molecule has 0 aliphatic carbocycles. The monoisotopic (exact) mass is 303 g/mol. The van der Waals surface area contributed by atoms with E-state index in [2.05, 4.69) is 17.5 Å². The highest BCUT2D eigenvalue weighted by atomic mass is 32.1. The summed E-state index contributed by atoms with van der Waals surface area (Å²) >= 11 is 1.69. The molecule has 2 aromatic rings. The third kappa shape index (κ3) is 3.36. The minimum atomic E-state index is -0.245. The minimum Gasteiger partial charge on any atom is -0.454 e. The number of thiophene rings is 1. The van der Waals surface area contributed by atoms with E-state index in [9.17, 15) is 4.79 Å². The van der Waals surface area contributed by atoms with Crippen molar-refractivity contribution in [2.45, 2.75) is 25.7 Å². The van der Waals surface area contributed by atoms with Gasteiger partial charge in [0.25, 0.3) is 0 Å². The Morgan fingerprint density at radius 1 is 1.14 bits per heavy atom. The Bertz CT molecular complexity index is 651. The second kappa shape index (κ2) is 6.18. The van der Waals surface area contributed by atoms with Crippen LogP contribution in [0.2, 0.25) is 0 Å². The molecule has 0 unspecified atom stereocenters. The van der Waals surface area contributed by atoms with Crippen LogP contribution >= 0.6 is 11.3 Å². The van der Waals surface area contributed by atoms with Gasteiger partial charge in [0.05, 0.1) is 0 Å². The van der Waals surface area contributed by atoms with Crippen LogP contribution in [0.5, 0.6) is 11.5 Å². The number of ether oxygens (including phenoxy) is 2. The van der Waals surface area contributed by atoms with E-state index in [0.717, 1.165) is 30.8 Å². The van der Waals surface area contributed by atoms with Gasteiger partial charge in [0.15, 0.2) is 11.5 Å². The molecule has 1 aliphatic heterocycles. The molecule has 4 nitrogen and oxygen atoms in total. The summed E-state index contributed by atoms with van der Waals surface area (Å²) in [6, 6.07) is 8.20. The first-order chi connectivity index (χ1) is 10.2. The first-order valence-corrected chi connectivity index (χ1v) is 7.82. The molecule has 1 amide bonds. The van der Waals surface area contributed by atoms with Gasteiger partial charge in [0, 0.05) is 11.3 Å². The maximum atomic E-state index is 10.9. The summed E-state index contributed by atoms with van der Waals surface area (Å²) in [7, 11) is 0. The average Bonchev–Trinajstić information content (AvgIpc) is 3.11. The first kappa shape index (κ1) is 13.9. The maximum Gasteiger partial charge on any atom is 0.231 e. The van der Waals surface area contributed by atoms with Gasteiger partial charge in [-0.3, -0.25) is 4.79 Å². The summed E-state index contributed by atoms with van der Waals surface area (Å²) < 4.78 is 10.7. The van der Waals surface area contributed by atoms with Crippen LogP contribution in [0.3, 0.4) is 0 Å². The number of nitrogens with two attached hydrogens (primary N) is 1. The van der Waals surface area contributed by atoms with Crippen molar-refractivity contribution in [3.8, 4) is 11.5 Å². The van der Waals surface area contributed by atoms with Crippen LogP contribution in [0.25, 0.3) is 0 Å². The Kier molecular flexibility index (Phi) is 4.10. The smallest absolute Gasteiger partial charge is 0.231 e. The molecule has 0 spiro atoms. The lowest BCUT2D eigenvalue weighted by atomic mass is 10.0. The van der Waals surface area contributed by atoms with Gasteiger partial charge in [-0.25, -0.2) is 0 Å². The highest BCUT2D eigenvalue weighted by molar-refractivity contribution is 7.10. The number of fused-ring (bicyclic) bond motifs is 1. The Morgan fingerprint density at radius 2 is 2.00 bits per heavy atom. The molecule has 0 radical (unpaired) electrons. The topological polar surface area (TPSA) is 61.6 Å². The van der Waals surface area contributed by atoms with Crippen molar-refractivity contribution in [3.05, 3.63) is 45.6 Å². The molecule has 1 aromatic carbocycles. The third-order valence-electron chi connectivity index (χ3n) is 3.56. The summed E-state index contributed by atoms with van der Waals surface area (Å²) in [4.78, 5) is 12.2. The van der Waals surface area contributed by atoms with E-state index < -0.39 is 0 Å². The summed E-state index contributed by atoms with van der Waals surface area (Å²) in [5.74, 6) is 1.40. The van der Waals surface area contributed by atoms with Crippen LogP contribution in [-0.2, 0) is 24.1 Å². The van der Waals surface area contributed by atoms with E-state index in [-0.39, 0.29) is 5.91 Å². The molecule has 1 aliphatic rings. The largest absolute Gasteiger partial charge is 0.454 e. The lowest BCUT2D eigenvalue weighted by molar-refractivity contribution is -0.117. The van der Waals surface area contributed by atoms with E-state index in [4.69, 9.17) is 15.2 Å². The number of carbonyl (C=O) groups is 1. The van der Waals surface area contributed by atoms with E-state index in [1.54, 1.807) is 11.3 Å². The molecule has 2 heterocycles. The lowest BCUT2D eigenvalue weighted by Crippen LogP contribution is -2.11. The van der Waals surface area contributed by atoms with Gasteiger partial charge >= 0.3 is 0 Å². The first-order valence-electron chi connectivity index (χ1n) is 6.94. The highest BCUT2D eigenvalue weighted by Crippen LogP contribution is 2.33. The summed E-state index contributed by atoms with van der Waals surface area (Å²) in [5, 5.41) is 2.07. The molecular weight excluding hydrogens is 286 g/mol. The molecule has 0 saturated carbocycles. The predicted octanol–water partition coefficient (Wildman–Crippen LogP) is 2.68. The van der Waals surface area contributed by atoms with Gasteiger partial charge in [-0.1, -0.05) is 6.07 Å². The predicted molar refractivity (Wildman–Crippen MR) is 81.8 cm³/mol. The Labute approximate surface area is 127 Å². The van der Waals surface area contributed by atoms with Crippen molar-refractivity contribution in [1.29, 1.82) is 0 Å². The Hall–Kier alpha value is -2.01. The van der Waals surface area contributed by atoms with Crippen LogP contribution in [0.15, 0.2) is 29.6 Å². The number of carbonyl (C=O) groups excluding carboxylic acids is 1. The van der Waals surface area contributed by atoms with Gasteiger partial charge in [0.1, 0.15) is 0 Å². The zero-order valence-corrected chi connectivity index (χ0v) is 12.4. The van der Waals surface area contributed by atoms with E-state index in [0.29, 0.717) is 13.2 Å². The van der Waals surface area contributed by atoms with Gasteiger partial charge in [0.2, 0.25) is 12.7 Å². The van der Waals surface area contributed by atoms with Crippen LogP contribution < -0.4 is 15.2 Å². The van der Waals surface area contributed by atoms with Gasteiger partial charge in [-0.05, 0) is 54.0 Å². The fourth-order valence-corrected chi connectivity index (χ4v) is 3.36. The number of primary amides is 1. The molecule has 1 aromatic heterocycles. The highest BCUT2D eigenvalue weighted by Gasteiger charge is 2.13. The minimum absolute atomic E-state index is 0.245. The molecule has 2 N–H and O–H groups in total. The molecule has 3 rings (SSSR count). The number of hydrogen-bond acceptors (Lipinski definition) is 4. The lowest BCUT2D eigenvalue weighted by Gasteiger charge is -2.05. The quantitative estimate of drug-likeness (QED) is 0.892. The summed E-state index contributed by atoms with van der Waals surface area (Å²) in [6.07, 6.45) is 3.05. The van der Waals surface area contributed by atoms with Crippen LogP contribution in [0, 0.1) is 0 Å². The van der Waals surface area contributed by atoms with Crippen LogP contribution in [0.1, 0.15) is 22.4 Å². The van der Waals surface area contributed by atoms with Crippen molar-refractivity contribution in [3.63, 3.8) is 0 Å². The van der Waals surface area contributed by atoms with Gasteiger partial charge in [-0.15, -0.1) is 11.3 Å². The zero-order chi connectivity index (χ0) is 14.7. The summed E-state index contributed by atoms with van der Waals surface area (Å²) in [5.41, 5.74) is 7.75. The van der Waals surface area contributed by atoms with Crippen molar-refractivity contribution in [1.82, 2.24) is 0 Å². The Morgan fingerprint density at radius 3 is 2.86 bits per heavy atom. The van der Waals surface area contributed by atoms with E-state index >= 15 is 0 Å². The van der Waals surface area contributed by atoms with Crippen molar-refractivity contribution < 1.29 is 14.3 Å². The molecule has 0 atom stereocenters. The molecule has 0 bridgehead atoms. The number of aryl methyl sites for hydroxylation is 3. The number of amides is 1. The second-order valence-electron chi connectivity index (χ2n) is 5.02. The standard InChI is InChI=1S/C16H17NO3S/c17-16(18)6-5-15-12(7-8-21-15)3-1-11-2-4-13-14(9-11)20-10-19-13/h2,4,7-9H,1,3,5-6,10H2,(H2,17,18). The zero-order valence-electron chi connectivity index (χ0n) is 11.6. The number of rotatable bonds is 6. The molecule has 0 saturated heterocycles. The molecule has 110 valence electrons. The fourth-order valence-electron chi connectivity index (χ4n) is 2.42. The Balaban J connectivity index is 1.62. The van der Waals surface area contributed by atoms with E-state index in [1.165, 1.54) is 16.0 Å². The SMILES string of the molecule is NC(=O)CCc1sccc1CCc1ccc2c(c1)OCO2. The third-order valence-corrected chi connectivity index (χ3v) is 4.58. The van der Waals surface area contributed by atoms with Gasteiger partial charge in [-0.2, -0.15) is 0 Å². The van der Waals surface area contributed by atoms with Crippen LogP contribution in [-0.4, -0.2) is 12.7 Å². The second-order valence-corrected chi connectivity index (χ2v) is 6.02. The fraction of sp³-hybridized carbons (Fsp3) is 0.312. The molecular formula is C16H17NO3S. The molecule has 5 heteroatoms. The normalized spacial score (nSPS) is 12.6.